The molecule has 0 N–H and O–H groups in total. The molecule has 0 aliphatic heterocycles. The van der Waals surface area contributed by atoms with E-state index in [0.717, 1.165) is 0 Å². The van der Waals surface area contributed by atoms with E-state index in [1.165, 1.54) is 16.7 Å². The minimum absolute atomic E-state index is 1.25. The number of rotatable bonds is 1. The topological polar surface area (TPSA) is 0 Å². The lowest BCUT2D eigenvalue weighted by Crippen LogP contribution is -1.76. The highest BCUT2D eigenvalue weighted by atomic mass is 14.0. The first-order chi connectivity index (χ1) is 6.36. The molecule has 2 aromatic carbocycles. The average Bonchev–Trinajstić information content (AvgIpc) is 2.20. The number of aryl methyl sites for hydroxylation is 1. The summed E-state index contributed by atoms with van der Waals surface area (Å²) in [7, 11) is 0. The van der Waals surface area contributed by atoms with E-state index in [2.05, 4.69) is 49.4 Å². The molecule has 0 amide bonds. The van der Waals surface area contributed by atoms with Gasteiger partial charge in [0, 0.05) is 0 Å². The summed E-state index contributed by atoms with van der Waals surface area (Å²) in [5, 5.41) is 0. The van der Waals surface area contributed by atoms with Gasteiger partial charge in [0.05, 0.1) is 0 Å². The summed E-state index contributed by atoms with van der Waals surface area (Å²) in [6.45, 7) is 2.10. The van der Waals surface area contributed by atoms with Gasteiger partial charge < -0.3 is 0 Å². The van der Waals surface area contributed by atoms with Crippen LogP contribution in [-0.2, 0) is 0 Å². The molecule has 63 valence electrons. The molecule has 13 heavy (non-hydrogen) atoms. The summed E-state index contributed by atoms with van der Waals surface area (Å²) in [6, 6.07) is 19.6. The summed E-state index contributed by atoms with van der Waals surface area (Å²) in [6.07, 6.45) is 0. The number of hydrogen-bond donors (Lipinski definition) is 0. The van der Waals surface area contributed by atoms with Crippen molar-refractivity contribution in [2.75, 3.05) is 0 Å². The minimum atomic E-state index is 1.25. The molecule has 0 fully saturated rings. The van der Waals surface area contributed by atoms with Gasteiger partial charge in [0.15, 0.2) is 0 Å². The lowest BCUT2D eigenvalue weighted by molar-refractivity contribution is 1.47. The average molecular weight is 167 g/mol. The Morgan fingerprint density at radius 3 is 1.92 bits per heavy atom. The second kappa shape index (κ2) is 3.44. The maximum absolute atomic E-state index is 3.01. The lowest BCUT2D eigenvalue weighted by atomic mass is 10.0. The Hall–Kier alpha value is -1.56. The van der Waals surface area contributed by atoms with Crippen molar-refractivity contribution in [2.45, 2.75) is 6.92 Å². The van der Waals surface area contributed by atoms with E-state index in [4.69, 9.17) is 0 Å². The van der Waals surface area contributed by atoms with Crippen molar-refractivity contribution in [2.24, 2.45) is 0 Å². The van der Waals surface area contributed by atoms with Crippen LogP contribution in [0.3, 0.4) is 0 Å². The quantitative estimate of drug-likeness (QED) is 0.610. The van der Waals surface area contributed by atoms with Crippen molar-refractivity contribution in [1.82, 2.24) is 0 Å². The van der Waals surface area contributed by atoms with Crippen molar-refractivity contribution in [3.63, 3.8) is 0 Å². The van der Waals surface area contributed by atoms with Crippen molar-refractivity contribution < 1.29 is 0 Å². The van der Waals surface area contributed by atoms with E-state index >= 15 is 0 Å². The molecule has 0 saturated carbocycles. The van der Waals surface area contributed by atoms with Crippen LogP contribution in [0, 0.1) is 13.0 Å². The van der Waals surface area contributed by atoms with Gasteiger partial charge in [0.1, 0.15) is 0 Å². The molecule has 0 aromatic heterocycles. The second-order valence-electron chi connectivity index (χ2n) is 3.15. The summed E-state index contributed by atoms with van der Waals surface area (Å²) < 4.78 is 0. The van der Waals surface area contributed by atoms with Crippen molar-refractivity contribution in [1.29, 1.82) is 0 Å². The van der Waals surface area contributed by atoms with Gasteiger partial charge in [0.2, 0.25) is 0 Å². The molecular formula is C13H11. The standard InChI is InChI=1S/C13H11/c1-11-7-9-13(10-8-11)12-5-3-2-4-6-12/h3-10H,1H3. The van der Waals surface area contributed by atoms with Gasteiger partial charge in [-0.15, -0.1) is 0 Å². The van der Waals surface area contributed by atoms with Crippen LogP contribution in [0.15, 0.2) is 48.5 Å². The Balaban J connectivity index is 2.42. The molecule has 2 rings (SSSR count). The predicted molar refractivity (Wildman–Crippen MR) is 55.5 cm³/mol. The Labute approximate surface area is 78.9 Å². The Morgan fingerprint density at radius 1 is 0.769 bits per heavy atom. The predicted octanol–water partition coefficient (Wildman–Crippen LogP) is 3.46. The molecule has 1 radical (unpaired) electrons. The fourth-order valence-electron chi connectivity index (χ4n) is 1.33. The molecule has 0 unspecified atom stereocenters. The van der Waals surface area contributed by atoms with Gasteiger partial charge in [-0.25, -0.2) is 0 Å². The van der Waals surface area contributed by atoms with Crippen molar-refractivity contribution >= 4 is 0 Å². The maximum atomic E-state index is 3.01. The van der Waals surface area contributed by atoms with Crippen LogP contribution in [0.2, 0.25) is 0 Å². The van der Waals surface area contributed by atoms with E-state index in [1.807, 2.05) is 12.1 Å². The molecule has 0 saturated heterocycles. The monoisotopic (exact) mass is 167 g/mol. The Bertz CT molecular complexity index is 371. The maximum Gasteiger partial charge on any atom is -0.0184 e. The third kappa shape index (κ3) is 1.78. The van der Waals surface area contributed by atoms with Crippen LogP contribution in [0.25, 0.3) is 11.1 Å². The van der Waals surface area contributed by atoms with Crippen LogP contribution in [0.4, 0.5) is 0 Å². The Kier molecular flexibility index (Phi) is 2.13. The third-order valence-corrected chi connectivity index (χ3v) is 2.10. The van der Waals surface area contributed by atoms with Gasteiger partial charge in [-0.05, 0) is 24.1 Å². The first-order valence-electron chi connectivity index (χ1n) is 4.39. The highest BCUT2D eigenvalue weighted by molar-refractivity contribution is 5.63. The van der Waals surface area contributed by atoms with E-state index in [1.54, 1.807) is 0 Å². The molecule has 0 heteroatoms. The van der Waals surface area contributed by atoms with Gasteiger partial charge in [-0.2, -0.15) is 0 Å². The fourth-order valence-corrected chi connectivity index (χ4v) is 1.33. The number of hydrogen-bond acceptors (Lipinski definition) is 0. The van der Waals surface area contributed by atoms with Crippen LogP contribution < -0.4 is 0 Å². The molecule has 0 heterocycles. The summed E-state index contributed by atoms with van der Waals surface area (Å²) in [5.74, 6) is 0. The number of benzene rings is 2. The van der Waals surface area contributed by atoms with Crippen LogP contribution in [0.1, 0.15) is 5.56 Å². The largest absolute Gasteiger partial charge is 0.0587 e. The smallest absolute Gasteiger partial charge is 0.0184 e. The molecular weight excluding hydrogens is 156 g/mol. The summed E-state index contributed by atoms with van der Waals surface area (Å²) >= 11 is 0. The van der Waals surface area contributed by atoms with Gasteiger partial charge in [-0.3, -0.25) is 0 Å². The summed E-state index contributed by atoms with van der Waals surface area (Å²) in [4.78, 5) is 0. The third-order valence-electron chi connectivity index (χ3n) is 2.10. The van der Waals surface area contributed by atoms with Gasteiger partial charge in [-0.1, -0.05) is 54.1 Å². The van der Waals surface area contributed by atoms with Crippen molar-refractivity contribution in [3.8, 4) is 11.1 Å². The van der Waals surface area contributed by atoms with Gasteiger partial charge >= 0.3 is 0 Å². The molecule has 0 bridgehead atoms. The summed E-state index contributed by atoms with van der Waals surface area (Å²) in [5.41, 5.74) is 3.81. The first kappa shape index (κ1) is 8.06. The first-order valence-corrected chi connectivity index (χ1v) is 4.39. The zero-order valence-corrected chi connectivity index (χ0v) is 7.62. The van der Waals surface area contributed by atoms with Gasteiger partial charge in [0.25, 0.3) is 0 Å². The molecule has 0 nitrogen and oxygen atoms in total. The molecule has 0 atom stereocenters. The van der Waals surface area contributed by atoms with E-state index < -0.39 is 0 Å². The zero-order valence-electron chi connectivity index (χ0n) is 7.62. The van der Waals surface area contributed by atoms with E-state index in [9.17, 15) is 0 Å². The van der Waals surface area contributed by atoms with E-state index in [0.29, 0.717) is 0 Å². The minimum Gasteiger partial charge on any atom is -0.0587 e. The molecule has 0 spiro atoms. The fraction of sp³-hybridized carbons (Fsp3) is 0.0769. The highest BCUT2D eigenvalue weighted by Gasteiger charge is 1.93. The van der Waals surface area contributed by atoms with Crippen LogP contribution >= 0.6 is 0 Å². The van der Waals surface area contributed by atoms with Crippen LogP contribution in [-0.4, -0.2) is 0 Å². The lowest BCUT2D eigenvalue weighted by Gasteiger charge is -2.00. The van der Waals surface area contributed by atoms with E-state index in [-0.39, 0.29) is 0 Å². The second-order valence-corrected chi connectivity index (χ2v) is 3.15. The van der Waals surface area contributed by atoms with Crippen molar-refractivity contribution in [3.05, 3.63) is 60.2 Å². The Morgan fingerprint density at radius 2 is 1.31 bits per heavy atom. The SMILES string of the molecule is Cc1ccc(-c2cc[c]cc2)cc1. The molecule has 0 aliphatic carbocycles. The highest BCUT2D eigenvalue weighted by Crippen LogP contribution is 2.18. The molecule has 2 aromatic rings. The van der Waals surface area contributed by atoms with Crippen LogP contribution in [0.5, 0.6) is 0 Å². The normalized spacial score (nSPS) is 9.92. The zero-order chi connectivity index (χ0) is 9.10. The molecule has 0 aliphatic rings.